The summed E-state index contributed by atoms with van der Waals surface area (Å²) in [5, 5.41) is -0.301. The zero-order valence-electron chi connectivity index (χ0n) is 10.2. The molecule has 0 aromatic heterocycles. The topological polar surface area (TPSA) is 34.1 Å². The van der Waals surface area contributed by atoms with E-state index in [-0.39, 0.29) is 16.3 Å². The van der Waals surface area contributed by atoms with Crippen molar-refractivity contribution in [2.24, 2.45) is 5.41 Å². The zero-order chi connectivity index (χ0) is 12.2. The molecule has 86 valence electrons. The molecule has 0 radical (unpaired) electrons. The van der Waals surface area contributed by atoms with Gasteiger partial charge in [0.05, 0.1) is 0 Å². The maximum absolute atomic E-state index is 11.7. The predicted octanol–water partition coefficient (Wildman–Crippen LogP) is 3.17. The molecule has 0 aromatic carbocycles. The van der Waals surface area contributed by atoms with Crippen LogP contribution in [0.15, 0.2) is 11.1 Å². The Balaban J connectivity index is 5.29. The lowest BCUT2D eigenvalue weighted by Gasteiger charge is -2.22. The number of thiol groups is 1. The molecule has 0 heterocycles. The Morgan fingerprint density at radius 1 is 1.20 bits per heavy atom. The van der Waals surface area contributed by atoms with E-state index in [1.54, 1.807) is 6.92 Å². The minimum atomic E-state index is -0.327. The van der Waals surface area contributed by atoms with Crippen molar-refractivity contribution in [2.75, 3.05) is 0 Å². The van der Waals surface area contributed by atoms with Crippen LogP contribution in [0.2, 0.25) is 0 Å². The third kappa shape index (κ3) is 4.20. The molecule has 2 nitrogen and oxygen atoms in total. The highest BCUT2D eigenvalue weighted by Gasteiger charge is 2.26. The Labute approximate surface area is 97.5 Å². The van der Waals surface area contributed by atoms with Crippen molar-refractivity contribution in [3.8, 4) is 0 Å². The Kier molecular flexibility index (Phi) is 5.29. The molecule has 0 atom stereocenters. The van der Waals surface area contributed by atoms with Crippen LogP contribution in [0.4, 0.5) is 0 Å². The molecule has 0 rings (SSSR count). The van der Waals surface area contributed by atoms with Crippen LogP contribution in [-0.4, -0.2) is 10.9 Å². The van der Waals surface area contributed by atoms with Gasteiger partial charge in [0.15, 0.2) is 5.78 Å². The van der Waals surface area contributed by atoms with Gasteiger partial charge in [0.1, 0.15) is 0 Å². The summed E-state index contributed by atoms with van der Waals surface area (Å²) in [6.45, 7) is 9.41. The number of rotatable bonds is 4. The van der Waals surface area contributed by atoms with E-state index in [0.29, 0.717) is 17.6 Å². The molecule has 0 unspecified atom stereocenters. The van der Waals surface area contributed by atoms with E-state index in [4.69, 9.17) is 0 Å². The van der Waals surface area contributed by atoms with Crippen LogP contribution >= 0.6 is 12.6 Å². The molecular formula is C12H20O2S. The third-order valence-corrected chi connectivity index (χ3v) is 2.46. The molecule has 0 N–H and O–H groups in total. The highest BCUT2D eigenvalue weighted by molar-refractivity contribution is 7.97. The summed E-state index contributed by atoms with van der Waals surface area (Å²) in [4.78, 5) is 23.1. The molecule has 3 heteroatoms. The number of hydrogen-bond donors (Lipinski definition) is 1. The summed E-state index contributed by atoms with van der Waals surface area (Å²) in [6.07, 6.45) is 1.29. The molecule has 0 aliphatic rings. The molecule has 0 fully saturated rings. The standard InChI is InChI=1S/C12H20O2S/c1-6-7-9(13)8(2)10(11(14)15)12(3,4)5/h6-7H2,1-5H3,(H,14,15)/b10-8+. The molecule has 0 saturated heterocycles. The van der Waals surface area contributed by atoms with Crippen LogP contribution in [0.5, 0.6) is 0 Å². The minimum Gasteiger partial charge on any atom is -0.295 e. The summed E-state index contributed by atoms with van der Waals surface area (Å²) in [5.41, 5.74) is 0.764. The van der Waals surface area contributed by atoms with Crippen molar-refractivity contribution in [2.45, 2.75) is 47.5 Å². The molecule has 0 amide bonds. The second-order valence-electron chi connectivity index (χ2n) is 4.73. The second-order valence-corrected chi connectivity index (χ2v) is 5.13. The van der Waals surface area contributed by atoms with Crippen molar-refractivity contribution < 1.29 is 9.59 Å². The first-order valence-electron chi connectivity index (χ1n) is 5.19. The summed E-state index contributed by atoms with van der Waals surface area (Å²) < 4.78 is 0. The van der Waals surface area contributed by atoms with Gasteiger partial charge in [0.2, 0.25) is 5.12 Å². The predicted molar refractivity (Wildman–Crippen MR) is 66.1 cm³/mol. The van der Waals surface area contributed by atoms with Crippen molar-refractivity contribution in [3.05, 3.63) is 11.1 Å². The number of allylic oxidation sites excluding steroid dienone is 1. The van der Waals surface area contributed by atoms with E-state index >= 15 is 0 Å². The lowest BCUT2D eigenvalue weighted by Crippen LogP contribution is -2.19. The fourth-order valence-electron chi connectivity index (χ4n) is 1.60. The van der Waals surface area contributed by atoms with Gasteiger partial charge in [-0.25, -0.2) is 0 Å². The van der Waals surface area contributed by atoms with Crippen molar-refractivity contribution in [3.63, 3.8) is 0 Å². The first kappa shape index (κ1) is 14.4. The molecule has 0 aliphatic heterocycles. The van der Waals surface area contributed by atoms with Gasteiger partial charge in [0.25, 0.3) is 0 Å². The number of ketones is 1. The Morgan fingerprint density at radius 2 is 1.67 bits per heavy atom. The minimum absolute atomic E-state index is 0.0461. The van der Waals surface area contributed by atoms with Crippen molar-refractivity contribution in [1.82, 2.24) is 0 Å². The quantitative estimate of drug-likeness (QED) is 0.592. The summed E-state index contributed by atoms with van der Waals surface area (Å²) in [7, 11) is 0. The average Bonchev–Trinajstić information content (AvgIpc) is 2.00. The van der Waals surface area contributed by atoms with E-state index in [1.807, 2.05) is 27.7 Å². The number of carbonyl (C=O) groups is 2. The van der Waals surface area contributed by atoms with E-state index in [0.717, 1.165) is 6.42 Å². The summed E-state index contributed by atoms with van der Waals surface area (Å²) in [6, 6.07) is 0. The normalized spacial score (nSPS) is 13.5. The Bertz CT molecular complexity index is 295. The SMILES string of the molecule is CCCC(=O)/C(C)=C(\C(=O)S)C(C)(C)C. The highest BCUT2D eigenvalue weighted by atomic mass is 32.1. The first-order valence-corrected chi connectivity index (χ1v) is 5.64. The summed E-state index contributed by atoms with van der Waals surface area (Å²) >= 11 is 3.84. The molecule has 0 bridgehead atoms. The number of carbonyl (C=O) groups excluding carboxylic acids is 2. The Hall–Kier alpha value is -0.570. The van der Waals surface area contributed by atoms with Crippen LogP contribution in [0.1, 0.15) is 47.5 Å². The van der Waals surface area contributed by atoms with Crippen LogP contribution in [0, 0.1) is 5.41 Å². The number of Topliss-reactive ketones (excluding diaryl/α,β-unsaturated/α-hetero) is 1. The van der Waals surface area contributed by atoms with Gasteiger partial charge in [-0.2, -0.15) is 0 Å². The molecular weight excluding hydrogens is 208 g/mol. The lowest BCUT2D eigenvalue weighted by molar-refractivity contribution is -0.116. The molecule has 15 heavy (non-hydrogen) atoms. The van der Waals surface area contributed by atoms with Gasteiger partial charge >= 0.3 is 0 Å². The van der Waals surface area contributed by atoms with E-state index in [2.05, 4.69) is 12.6 Å². The van der Waals surface area contributed by atoms with Crippen molar-refractivity contribution in [1.29, 1.82) is 0 Å². The average molecular weight is 228 g/mol. The maximum atomic E-state index is 11.7. The fraction of sp³-hybridized carbons (Fsp3) is 0.667. The largest absolute Gasteiger partial charge is 0.295 e. The third-order valence-electron chi connectivity index (χ3n) is 2.23. The first-order chi connectivity index (χ1) is 6.71. The maximum Gasteiger partial charge on any atom is 0.213 e. The molecule has 0 aliphatic carbocycles. The molecule has 0 saturated carbocycles. The van der Waals surface area contributed by atoms with Gasteiger partial charge in [-0.15, -0.1) is 12.6 Å². The van der Waals surface area contributed by atoms with Gasteiger partial charge < -0.3 is 0 Å². The fourth-order valence-corrected chi connectivity index (χ4v) is 2.10. The summed E-state index contributed by atoms with van der Waals surface area (Å²) in [5.74, 6) is 0.0461. The molecule has 0 spiro atoms. The van der Waals surface area contributed by atoms with E-state index in [9.17, 15) is 9.59 Å². The van der Waals surface area contributed by atoms with Crippen LogP contribution < -0.4 is 0 Å². The van der Waals surface area contributed by atoms with Gasteiger partial charge in [0, 0.05) is 17.6 Å². The van der Waals surface area contributed by atoms with Crippen LogP contribution in [0.3, 0.4) is 0 Å². The lowest BCUT2D eigenvalue weighted by atomic mass is 9.83. The highest BCUT2D eigenvalue weighted by Crippen LogP contribution is 2.30. The zero-order valence-corrected chi connectivity index (χ0v) is 11.1. The van der Waals surface area contributed by atoms with Crippen LogP contribution in [0.25, 0.3) is 0 Å². The van der Waals surface area contributed by atoms with E-state index in [1.165, 1.54) is 0 Å². The van der Waals surface area contributed by atoms with Gasteiger partial charge in [-0.3, -0.25) is 9.59 Å². The van der Waals surface area contributed by atoms with Gasteiger partial charge in [-0.1, -0.05) is 27.7 Å². The number of hydrogen-bond acceptors (Lipinski definition) is 2. The van der Waals surface area contributed by atoms with Gasteiger partial charge in [-0.05, 0) is 18.8 Å². The smallest absolute Gasteiger partial charge is 0.213 e. The molecule has 0 aromatic rings. The van der Waals surface area contributed by atoms with Crippen LogP contribution in [-0.2, 0) is 9.59 Å². The second kappa shape index (κ2) is 5.50. The monoisotopic (exact) mass is 228 g/mol. The van der Waals surface area contributed by atoms with E-state index < -0.39 is 0 Å². The Morgan fingerprint density at radius 3 is 1.93 bits per heavy atom. The van der Waals surface area contributed by atoms with Crippen molar-refractivity contribution >= 4 is 23.5 Å².